The van der Waals surface area contributed by atoms with Crippen molar-refractivity contribution in [2.24, 2.45) is 0 Å². The lowest BCUT2D eigenvalue weighted by Gasteiger charge is -2.14. The number of nitriles is 1. The van der Waals surface area contributed by atoms with Gasteiger partial charge in [-0.2, -0.15) is 5.26 Å². The van der Waals surface area contributed by atoms with E-state index in [9.17, 15) is 0 Å². The SMILES string of the molecule is Cc1sccc1C(C#N)NC(C)C. The summed E-state index contributed by atoms with van der Waals surface area (Å²) in [5.41, 5.74) is 1.11. The van der Waals surface area contributed by atoms with E-state index >= 15 is 0 Å². The van der Waals surface area contributed by atoms with Crippen molar-refractivity contribution in [1.29, 1.82) is 5.26 Å². The molecule has 1 heterocycles. The Bertz CT molecular complexity index is 309. The van der Waals surface area contributed by atoms with Gasteiger partial charge in [-0.1, -0.05) is 0 Å². The highest BCUT2D eigenvalue weighted by atomic mass is 32.1. The third kappa shape index (κ3) is 2.55. The van der Waals surface area contributed by atoms with Crippen LogP contribution in [0.4, 0.5) is 0 Å². The Morgan fingerprint density at radius 1 is 1.54 bits per heavy atom. The van der Waals surface area contributed by atoms with Gasteiger partial charge in [-0.15, -0.1) is 11.3 Å². The van der Waals surface area contributed by atoms with Crippen LogP contribution in [-0.2, 0) is 0 Å². The highest BCUT2D eigenvalue weighted by Crippen LogP contribution is 2.22. The lowest BCUT2D eigenvalue weighted by atomic mass is 10.1. The number of rotatable bonds is 3. The maximum Gasteiger partial charge on any atom is 0.122 e. The third-order valence-electron chi connectivity index (χ3n) is 1.84. The molecule has 2 nitrogen and oxygen atoms in total. The molecule has 70 valence electrons. The van der Waals surface area contributed by atoms with E-state index in [0.29, 0.717) is 6.04 Å². The van der Waals surface area contributed by atoms with E-state index in [1.807, 2.05) is 32.2 Å². The summed E-state index contributed by atoms with van der Waals surface area (Å²) in [6.45, 7) is 6.14. The quantitative estimate of drug-likeness (QED) is 0.803. The summed E-state index contributed by atoms with van der Waals surface area (Å²) in [7, 11) is 0. The number of hydrogen-bond donors (Lipinski definition) is 1. The zero-order valence-corrected chi connectivity index (χ0v) is 8.98. The van der Waals surface area contributed by atoms with E-state index < -0.39 is 0 Å². The molecule has 0 fully saturated rings. The molecular formula is C10H14N2S. The van der Waals surface area contributed by atoms with Gasteiger partial charge < -0.3 is 0 Å². The molecule has 1 rings (SSSR count). The Labute approximate surface area is 83.2 Å². The minimum atomic E-state index is -0.161. The normalized spacial score (nSPS) is 12.8. The first-order valence-electron chi connectivity index (χ1n) is 4.34. The largest absolute Gasteiger partial charge is 0.296 e. The first-order chi connectivity index (χ1) is 6.15. The summed E-state index contributed by atoms with van der Waals surface area (Å²) < 4.78 is 0. The minimum absolute atomic E-state index is 0.161. The molecule has 3 heteroatoms. The molecule has 1 aromatic heterocycles. The van der Waals surface area contributed by atoms with Crippen LogP contribution in [0.15, 0.2) is 11.4 Å². The molecule has 1 N–H and O–H groups in total. The van der Waals surface area contributed by atoms with Gasteiger partial charge in [0.15, 0.2) is 0 Å². The van der Waals surface area contributed by atoms with Crippen LogP contribution in [0.2, 0.25) is 0 Å². The van der Waals surface area contributed by atoms with E-state index in [0.717, 1.165) is 5.56 Å². The molecule has 0 aliphatic heterocycles. The van der Waals surface area contributed by atoms with Crippen LogP contribution >= 0.6 is 11.3 Å². The van der Waals surface area contributed by atoms with Gasteiger partial charge >= 0.3 is 0 Å². The molecule has 0 aliphatic carbocycles. The molecule has 0 spiro atoms. The lowest BCUT2D eigenvalue weighted by molar-refractivity contribution is 0.546. The zero-order valence-electron chi connectivity index (χ0n) is 8.16. The zero-order chi connectivity index (χ0) is 9.84. The third-order valence-corrected chi connectivity index (χ3v) is 2.70. The van der Waals surface area contributed by atoms with Crippen LogP contribution in [0.3, 0.4) is 0 Å². The summed E-state index contributed by atoms with van der Waals surface area (Å²) in [6, 6.07) is 4.47. The maximum atomic E-state index is 8.96. The summed E-state index contributed by atoms with van der Waals surface area (Å²) in [5, 5.41) is 14.2. The summed E-state index contributed by atoms with van der Waals surface area (Å²) in [5.74, 6) is 0. The summed E-state index contributed by atoms with van der Waals surface area (Å²) in [6.07, 6.45) is 0. The second kappa shape index (κ2) is 4.40. The van der Waals surface area contributed by atoms with Gasteiger partial charge in [0, 0.05) is 10.9 Å². The van der Waals surface area contributed by atoms with Gasteiger partial charge in [0.1, 0.15) is 6.04 Å². The fraction of sp³-hybridized carbons (Fsp3) is 0.500. The number of nitrogens with zero attached hydrogens (tertiary/aromatic N) is 1. The predicted molar refractivity (Wildman–Crippen MR) is 55.7 cm³/mol. The topological polar surface area (TPSA) is 35.8 Å². The second-order valence-electron chi connectivity index (χ2n) is 3.32. The van der Waals surface area contributed by atoms with Gasteiger partial charge in [0.05, 0.1) is 6.07 Å². The summed E-state index contributed by atoms with van der Waals surface area (Å²) >= 11 is 1.68. The Morgan fingerprint density at radius 2 is 2.23 bits per heavy atom. The van der Waals surface area contributed by atoms with Crippen LogP contribution in [0.25, 0.3) is 0 Å². The van der Waals surface area contributed by atoms with Gasteiger partial charge in [-0.05, 0) is 37.8 Å². The van der Waals surface area contributed by atoms with E-state index in [1.165, 1.54) is 4.88 Å². The molecule has 1 unspecified atom stereocenters. The first-order valence-corrected chi connectivity index (χ1v) is 5.22. The lowest BCUT2D eigenvalue weighted by Crippen LogP contribution is -2.27. The molecule has 0 bridgehead atoms. The van der Waals surface area contributed by atoms with Crippen molar-refractivity contribution in [3.8, 4) is 6.07 Å². The molecule has 0 saturated carbocycles. The van der Waals surface area contributed by atoms with E-state index in [4.69, 9.17) is 5.26 Å². The molecule has 0 aliphatic rings. The van der Waals surface area contributed by atoms with E-state index in [1.54, 1.807) is 11.3 Å². The Kier molecular flexibility index (Phi) is 3.47. The van der Waals surface area contributed by atoms with Crippen molar-refractivity contribution in [3.05, 3.63) is 21.9 Å². The fourth-order valence-electron chi connectivity index (χ4n) is 1.22. The van der Waals surface area contributed by atoms with Gasteiger partial charge in [-0.3, -0.25) is 5.32 Å². The summed E-state index contributed by atoms with van der Waals surface area (Å²) in [4.78, 5) is 1.22. The van der Waals surface area contributed by atoms with E-state index in [-0.39, 0.29) is 6.04 Å². The van der Waals surface area contributed by atoms with Crippen LogP contribution in [0.1, 0.15) is 30.3 Å². The first kappa shape index (κ1) is 10.2. The Hall–Kier alpha value is -0.850. The van der Waals surface area contributed by atoms with Crippen LogP contribution in [0, 0.1) is 18.3 Å². The van der Waals surface area contributed by atoms with Crippen molar-refractivity contribution in [1.82, 2.24) is 5.32 Å². The number of hydrogen-bond acceptors (Lipinski definition) is 3. The van der Waals surface area contributed by atoms with Crippen molar-refractivity contribution >= 4 is 11.3 Å². The average molecular weight is 194 g/mol. The Morgan fingerprint density at radius 3 is 2.62 bits per heavy atom. The maximum absolute atomic E-state index is 8.96. The van der Waals surface area contributed by atoms with E-state index in [2.05, 4.69) is 11.4 Å². The second-order valence-corrected chi connectivity index (χ2v) is 4.44. The standard InChI is InChI=1S/C10H14N2S/c1-7(2)12-10(6-11)9-4-5-13-8(9)3/h4-5,7,10,12H,1-3H3. The molecule has 13 heavy (non-hydrogen) atoms. The average Bonchev–Trinajstić information content (AvgIpc) is 2.47. The molecule has 1 aromatic rings. The van der Waals surface area contributed by atoms with Crippen LogP contribution in [0.5, 0.6) is 0 Å². The molecule has 0 amide bonds. The van der Waals surface area contributed by atoms with Crippen molar-refractivity contribution in [3.63, 3.8) is 0 Å². The minimum Gasteiger partial charge on any atom is -0.296 e. The van der Waals surface area contributed by atoms with Gasteiger partial charge in [-0.25, -0.2) is 0 Å². The number of aryl methyl sites for hydroxylation is 1. The van der Waals surface area contributed by atoms with Crippen molar-refractivity contribution in [2.75, 3.05) is 0 Å². The smallest absolute Gasteiger partial charge is 0.122 e. The molecular weight excluding hydrogens is 180 g/mol. The predicted octanol–water partition coefficient (Wildman–Crippen LogP) is 2.62. The van der Waals surface area contributed by atoms with Crippen molar-refractivity contribution < 1.29 is 0 Å². The van der Waals surface area contributed by atoms with Crippen LogP contribution < -0.4 is 5.32 Å². The molecule has 0 aromatic carbocycles. The molecule has 0 radical (unpaired) electrons. The number of nitrogens with one attached hydrogen (secondary N) is 1. The van der Waals surface area contributed by atoms with Crippen LogP contribution in [-0.4, -0.2) is 6.04 Å². The fourth-order valence-corrected chi connectivity index (χ4v) is 1.96. The van der Waals surface area contributed by atoms with Crippen molar-refractivity contribution in [2.45, 2.75) is 32.9 Å². The van der Waals surface area contributed by atoms with Gasteiger partial charge in [0.2, 0.25) is 0 Å². The monoisotopic (exact) mass is 194 g/mol. The highest BCUT2D eigenvalue weighted by Gasteiger charge is 2.13. The molecule has 1 atom stereocenters. The number of thiophene rings is 1. The Balaban J connectivity index is 2.80. The highest BCUT2D eigenvalue weighted by molar-refractivity contribution is 7.10. The molecule has 0 saturated heterocycles. The van der Waals surface area contributed by atoms with Gasteiger partial charge in [0.25, 0.3) is 0 Å².